The molecule has 1 amide bonds. The standard InChI is InChI=1S/C21H21ClN2O2/c1-24-12-10-15-17(22)7-8-18-19(15)16(13-24)20(26-18)21(25)23-11-9-14-5-3-2-4-6-14/h2-8H,9-13H2,1H3,(H,23,25). The number of nitrogens with one attached hydrogen (secondary N) is 1. The van der Waals surface area contributed by atoms with E-state index < -0.39 is 0 Å². The fourth-order valence-corrected chi connectivity index (χ4v) is 3.83. The molecule has 2 aromatic carbocycles. The van der Waals surface area contributed by atoms with Gasteiger partial charge in [-0.15, -0.1) is 0 Å². The Bertz CT molecular complexity index is 950. The van der Waals surface area contributed by atoms with Crippen LogP contribution in [0.2, 0.25) is 5.02 Å². The maximum absolute atomic E-state index is 12.8. The smallest absolute Gasteiger partial charge is 0.287 e. The van der Waals surface area contributed by atoms with Crippen molar-refractivity contribution in [2.75, 3.05) is 20.1 Å². The molecule has 1 aliphatic rings. The van der Waals surface area contributed by atoms with Gasteiger partial charge in [-0.05, 0) is 43.1 Å². The van der Waals surface area contributed by atoms with Crippen molar-refractivity contribution in [2.24, 2.45) is 0 Å². The minimum Gasteiger partial charge on any atom is -0.451 e. The summed E-state index contributed by atoms with van der Waals surface area (Å²) in [6.07, 6.45) is 1.65. The van der Waals surface area contributed by atoms with Crippen LogP contribution in [0.15, 0.2) is 46.9 Å². The van der Waals surface area contributed by atoms with Crippen LogP contribution in [0.4, 0.5) is 0 Å². The van der Waals surface area contributed by atoms with Gasteiger partial charge in [0.2, 0.25) is 0 Å². The lowest BCUT2D eigenvalue weighted by atomic mass is 10.0. The Labute approximate surface area is 157 Å². The number of rotatable bonds is 4. The summed E-state index contributed by atoms with van der Waals surface area (Å²) in [5, 5.41) is 4.74. The number of nitrogens with zero attached hydrogens (tertiary/aromatic N) is 1. The minimum absolute atomic E-state index is 0.162. The Morgan fingerprint density at radius 1 is 1.19 bits per heavy atom. The molecule has 0 fully saturated rings. The van der Waals surface area contributed by atoms with E-state index in [9.17, 15) is 4.79 Å². The molecule has 3 aromatic rings. The van der Waals surface area contributed by atoms with Crippen molar-refractivity contribution in [3.63, 3.8) is 0 Å². The summed E-state index contributed by atoms with van der Waals surface area (Å²) in [5.74, 6) is 0.245. The molecule has 0 aliphatic carbocycles. The van der Waals surface area contributed by atoms with Gasteiger partial charge in [0.25, 0.3) is 5.91 Å². The Morgan fingerprint density at radius 2 is 2.00 bits per heavy atom. The molecule has 0 radical (unpaired) electrons. The highest BCUT2D eigenvalue weighted by Crippen LogP contribution is 2.36. The molecule has 5 heteroatoms. The van der Waals surface area contributed by atoms with E-state index in [1.54, 1.807) is 0 Å². The summed E-state index contributed by atoms with van der Waals surface area (Å²) in [6.45, 7) is 2.16. The van der Waals surface area contributed by atoms with Gasteiger partial charge in [0, 0.05) is 35.6 Å². The molecule has 0 saturated heterocycles. The second-order valence-electron chi connectivity index (χ2n) is 6.79. The zero-order chi connectivity index (χ0) is 18.1. The molecule has 0 spiro atoms. The number of halogens is 1. The Hall–Kier alpha value is -2.30. The molecule has 4 rings (SSSR count). The summed E-state index contributed by atoms with van der Waals surface area (Å²) >= 11 is 6.41. The van der Waals surface area contributed by atoms with Gasteiger partial charge in [-0.3, -0.25) is 4.79 Å². The maximum Gasteiger partial charge on any atom is 0.287 e. The lowest BCUT2D eigenvalue weighted by Gasteiger charge is -2.13. The number of benzene rings is 2. The van der Waals surface area contributed by atoms with Crippen molar-refractivity contribution in [3.8, 4) is 0 Å². The third-order valence-electron chi connectivity index (χ3n) is 4.93. The summed E-state index contributed by atoms with van der Waals surface area (Å²) in [7, 11) is 2.05. The topological polar surface area (TPSA) is 45.5 Å². The third-order valence-corrected chi connectivity index (χ3v) is 5.28. The summed E-state index contributed by atoms with van der Waals surface area (Å²) < 4.78 is 5.94. The van der Waals surface area contributed by atoms with Gasteiger partial charge in [-0.1, -0.05) is 41.9 Å². The average Bonchev–Trinajstić information content (AvgIpc) is 2.90. The SMILES string of the molecule is CN1CCc2c(Cl)ccc3oc(C(=O)NCCc4ccccc4)c(c23)C1. The summed E-state index contributed by atoms with van der Waals surface area (Å²) in [4.78, 5) is 15.0. The largest absolute Gasteiger partial charge is 0.451 e. The lowest BCUT2D eigenvalue weighted by molar-refractivity contribution is 0.0926. The van der Waals surface area contributed by atoms with Crippen LogP contribution in [0.3, 0.4) is 0 Å². The van der Waals surface area contributed by atoms with Crippen molar-refractivity contribution < 1.29 is 9.21 Å². The van der Waals surface area contributed by atoms with Crippen molar-refractivity contribution >= 4 is 28.5 Å². The second-order valence-corrected chi connectivity index (χ2v) is 7.20. The zero-order valence-electron chi connectivity index (χ0n) is 14.7. The first-order valence-corrected chi connectivity index (χ1v) is 9.24. The van der Waals surface area contributed by atoms with E-state index in [0.29, 0.717) is 18.8 Å². The fraction of sp³-hybridized carbons (Fsp3) is 0.286. The van der Waals surface area contributed by atoms with Gasteiger partial charge in [0.1, 0.15) is 5.58 Å². The molecule has 0 unspecified atom stereocenters. The molecule has 4 nitrogen and oxygen atoms in total. The summed E-state index contributed by atoms with van der Waals surface area (Å²) in [6, 6.07) is 13.8. The van der Waals surface area contributed by atoms with Gasteiger partial charge in [-0.2, -0.15) is 0 Å². The Morgan fingerprint density at radius 3 is 2.81 bits per heavy atom. The molecular weight excluding hydrogens is 348 g/mol. The number of hydrogen-bond donors (Lipinski definition) is 1. The van der Waals surface area contributed by atoms with Crippen LogP contribution in [-0.4, -0.2) is 30.9 Å². The zero-order valence-corrected chi connectivity index (χ0v) is 15.5. The van der Waals surface area contributed by atoms with Crippen molar-refractivity contribution in [1.82, 2.24) is 10.2 Å². The number of carbonyl (C=O) groups excluding carboxylic acids is 1. The molecule has 0 bridgehead atoms. The second kappa shape index (κ2) is 7.14. The highest BCUT2D eigenvalue weighted by Gasteiger charge is 2.26. The minimum atomic E-state index is -0.162. The molecule has 2 heterocycles. The Kier molecular flexibility index (Phi) is 4.70. The van der Waals surface area contributed by atoms with E-state index >= 15 is 0 Å². The molecule has 0 atom stereocenters. The van der Waals surface area contributed by atoms with Crippen LogP contribution in [-0.2, 0) is 19.4 Å². The molecule has 1 aliphatic heterocycles. The van der Waals surface area contributed by atoms with E-state index in [1.165, 1.54) is 5.56 Å². The van der Waals surface area contributed by atoms with Crippen LogP contribution in [0.25, 0.3) is 11.0 Å². The van der Waals surface area contributed by atoms with E-state index in [4.69, 9.17) is 16.0 Å². The van der Waals surface area contributed by atoms with Crippen LogP contribution in [0, 0.1) is 0 Å². The maximum atomic E-state index is 12.8. The number of hydrogen-bond acceptors (Lipinski definition) is 3. The quantitative estimate of drug-likeness (QED) is 0.755. The first-order chi connectivity index (χ1) is 12.6. The molecule has 1 N–H and O–H groups in total. The third kappa shape index (κ3) is 3.22. The molecular formula is C21H21ClN2O2. The number of amides is 1. The summed E-state index contributed by atoms with van der Waals surface area (Å²) in [5.41, 5.74) is 3.96. The first kappa shape index (κ1) is 17.1. The predicted molar refractivity (Wildman–Crippen MR) is 104 cm³/mol. The van der Waals surface area contributed by atoms with E-state index in [0.717, 1.165) is 46.5 Å². The predicted octanol–water partition coefficient (Wildman–Crippen LogP) is 4.05. The molecule has 1 aromatic heterocycles. The van der Waals surface area contributed by atoms with Gasteiger partial charge in [-0.25, -0.2) is 0 Å². The molecule has 26 heavy (non-hydrogen) atoms. The first-order valence-electron chi connectivity index (χ1n) is 8.87. The number of likely N-dealkylation sites (N-methyl/N-ethyl adjacent to an activating group) is 1. The average molecular weight is 369 g/mol. The molecule has 134 valence electrons. The lowest BCUT2D eigenvalue weighted by Crippen LogP contribution is -2.27. The monoisotopic (exact) mass is 368 g/mol. The number of furan rings is 1. The van der Waals surface area contributed by atoms with E-state index in [-0.39, 0.29) is 5.91 Å². The normalized spacial score (nSPS) is 14.4. The van der Waals surface area contributed by atoms with Crippen molar-refractivity contribution in [1.29, 1.82) is 0 Å². The molecule has 0 saturated carbocycles. The van der Waals surface area contributed by atoms with E-state index in [1.807, 2.05) is 30.3 Å². The highest BCUT2D eigenvalue weighted by atomic mass is 35.5. The van der Waals surface area contributed by atoms with Crippen molar-refractivity contribution in [3.05, 3.63) is 69.9 Å². The van der Waals surface area contributed by atoms with Gasteiger partial charge < -0.3 is 14.6 Å². The van der Waals surface area contributed by atoms with Crippen molar-refractivity contribution in [2.45, 2.75) is 19.4 Å². The van der Waals surface area contributed by atoms with Crippen LogP contribution in [0.1, 0.15) is 27.2 Å². The number of carbonyl (C=O) groups is 1. The van der Waals surface area contributed by atoms with Crippen LogP contribution in [0.5, 0.6) is 0 Å². The fourth-order valence-electron chi connectivity index (χ4n) is 3.58. The van der Waals surface area contributed by atoms with E-state index in [2.05, 4.69) is 29.4 Å². The van der Waals surface area contributed by atoms with Gasteiger partial charge in [0.05, 0.1) is 0 Å². The highest BCUT2D eigenvalue weighted by molar-refractivity contribution is 6.32. The van der Waals surface area contributed by atoms with Crippen LogP contribution >= 0.6 is 11.6 Å². The van der Waals surface area contributed by atoms with Gasteiger partial charge >= 0.3 is 0 Å². The Balaban J connectivity index is 1.60. The van der Waals surface area contributed by atoms with Crippen LogP contribution < -0.4 is 5.32 Å². The van der Waals surface area contributed by atoms with Gasteiger partial charge in [0.15, 0.2) is 5.76 Å².